The number of nitrogens with zero attached hydrogens (tertiary/aromatic N) is 1. The summed E-state index contributed by atoms with van der Waals surface area (Å²) < 4.78 is 0. The number of hydrogen-bond donors (Lipinski definition) is 1. The molecule has 1 saturated heterocycles. The molecule has 0 radical (unpaired) electrons. The third-order valence-electron chi connectivity index (χ3n) is 3.14. The Morgan fingerprint density at radius 2 is 2.06 bits per heavy atom. The lowest BCUT2D eigenvalue weighted by Crippen LogP contribution is -2.64. The lowest BCUT2D eigenvalue weighted by molar-refractivity contribution is -0.150. The summed E-state index contributed by atoms with van der Waals surface area (Å²) in [5.41, 5.74) is 0. The average molecular weight is 250 g/mol. The number of nitrogens with one attached hydrogen (secondary N) is 1. The fourth-order valence-corrected chi connectivity index (χ4v) is 2.29. The zero-order valence-corrected chi connectivity index (χ0v) is 11.6. The highest BCUT2D eigenvalue weighted by molar-refractivity contribution is 5.97. The average Bonchev–Trinajstić information content (AvgIpc) is 2.31. The summed E-state index contributed by atoms with van der Waals surface area (Å²) in [5, 5.41) is 2.83. The highest BCUT2D eigenvalue weighted by Gasteiger charge is 2.40. The van der Waals surface area contributed by atoms with Crippen molar-refractivity contribution in [2.45, 2.75) is 52.6 Å². The van der Waals surface area contributed by atoms with Gasteiger partial charge in [0.1, 0.15) is 12.1 Å². The van der Waals surface area contributed by atoms with Crippen LogP contribution in [0.1, 0.15) is 40.5 Å². The molecule has 1 N–H and O–H groups in total. The van der Waals surface area contributed by atoms with Crippen molar-refractivity contribution in [2.24, 2.45) is 5.92 Å². The third-order valence-corrected chi connectivity index (χ3v) is 3.14. The Hall–Kier alpha value is -1.50. The lowest BCUT2D eigenvalue weighted by atomic mass is 9.95. The molecular formula is C14H22N2O2. The Bertz CT molecular complexity index is 379. The summed E-state index contributed by atoms with van der Waals surface area (Å²) in [4.78, 5) is 26.0. The highest BCUT2D eigenvalue weighted by atomic mass is 16.2. The molecule has 2 unspecified atom stereocenters. The quantitative estimate of drug-likeness (QED) is 0.761. The highest BCUT2D eigenvalue weighted by Crippen LogP contribution is 2.18. The number of amides is 2. The van der Waals surface area contributed by atoms with Gasteiger partial charge >= 0.3 is 0 Å². The molecule has 2 amide bonds. The molecule has 0 spiro atoms. The Balaban J connectivity index is 2.95. The van der Waals surface area contributed by atoms with E-state index < -0.39 is 6.04 Å². The summed E-state index contributed by atoms with van der Waals surface area (Å²) in [7, 11) is 0. The molecule has 1 heterocycles. The maximum Gasteiger partial charge on any atom is 0.246 e. The van der Waals surface area contributed by atoms with Crippen LogP contribution in [0.3, 0.4) is 0 Å². The van der Waals surface area contributed by atoms with E-state index >= 15 is 0 Å². The maximum atomic E-state index is 12.3. The molecule has 0 aromatic rings. The molecule has 1 rings (SSSR count). The second kappa shape index (κ2) is 6.44. The van der Waals surface area contributed by atoms with Crippen LogP contribution in [0.4, 0.5) is 0 Å². The largest absolute Gasteiger partial charge is 0.342 e. The van der Waals surface area contributed by atoms with E-state index in [9.17, 15) is 9.59 Å². The molecule has 1 aliphatic rings. The van der Waals surface area contributed by atoms with Crippen LogP contribution in [-0.2, 0) is 9.59 Å². The molecule has 0 saturated carbocycles. The maximum absolute atomic E-state index is 12.3. The lowest BCUT2D eigenvalue weighted by Gasteiger charge is -2.39. The van der Waals surface area contributed by atoms with Gasteiger partial charge in [-0.15, -0.1) is 5.92 Å². The van der Waals surface area contributed by atoms with Gasteiger partial charge in [0.2, 0.25) is 11.8 Å². The molecule has 0 aromatic carbocycles. The van der Waals surface area contributed by atoms with Crippen molar-refractivity contribution < 1.29 is 9.59 Å². The summed E-state index contributed by atoms with van der Waals surface area (Å²) in [5.74, 6) is 5.71. The Morgan fingerprint density at radius 3 is 2.56 bits per heavy atom. The zero-order chi connectivity index (χ0) is 13.7. The molecule has 0 bridgehead atoms. The van der Waals surface area contributed by atoms with Gasteiger partial charge in [0.15, 0.2) is 0 Å². The summed E-state index contributed by atoms with van der Waals surface area (Å²) in [6, 6.07) is -0.775. The van der Waals surface area contributed by atoms with Crippen LogP contribution >= 0.6 is 0 Å². The van der Waals surface area contributed by atoms with Crippen molar-refractivity contribution in [1.82, 2.24) is 10.2 Å². The molecule has 1 fully saturated rings. The van der Waals surface area contributed by atoms with Crippen molar-refractivity contribution in [3.63, 3.8) is 0 Å². The zero-order valence-electron chi connectivity index (χ0n) is 11.6. The van der Waals surface area contributed by atoms with Gasteiger partial charge in [-0.25, -0.2) is 0 Å². The minimum Gasteiger partial charge on any atom is -0.342 e. The molecular weight excluding hydrogens is 228 g/mol. The van der Waals surface area contributed by atoms with Gasteiger partial charge < -0.3 is 10.2 Å². The smallest absolute Gasteiger partial charge is 0.246 e. The summed E-state index contributed by atoms with van der Waals surface area (Å²) in [6.45, 7) is 7.98. The molecule has 2 atom stereocenters. The fraction of sp³-hybridized carbons (Fsp3) is 0.714. The standard InChI is InChI=1S/C14H22N2O2/c1-5-7-9-16-12(10(3)4)13(17)15-11(8-6-2)14(16)18/h10-12H,6,8-9H2,1-4H3,(H,15,17). The van der Waals surface area contributed by atoms with E-state index in [2.05, 4.69) is 17.2 Å². The first-order chi connectivity index (χ1) is 8.52. The summed E-state index contributed by atoms with van der Waals surface area (Å²) >= 11 is 0. The van der Waals surface area contributed by atoms with Gasteiger partial charge in [0, 0.05) is 0 Å². The molecule has 4 heteroatoms. The van der Waals surface area contributed by atoms with Crippen molar-refractivity contribution in [3.8, 4) is 11.8 Å². The Labute approximate surface area is 109 Å². The monoisotopic (exact) mass is 250 g/mol. The van der Waals surface area contributed by atoms with Crippen LogP contribution in [0.2, 0.25) is 0 Å². The molecule has 0 aromatic heterocycles. The van der Waals surface area contributed by atoms with Gasteiger partial charge in [-0.05, 0) is 19.3 Å². The molecule has 1 aliphatic heterocycles. The second-order valence-electron chi connectivity index (χ2n) is 4.93. The van der Waals surface area contributed by atoms with Crippen molar-refractivity contribution >= 4 is 11.8 Å². The van der Waals surface area contributed by atoms with Crippen molar-refractivity contribution in [2.75, 3.05) is 6.54 Å². The molecule has 4 nitrogen and oxygen atoms in total. The van der Waals surface area contributed by atoms with E-state index in [1.54, 1.807) is 11.8 Å². The van der Waals surface area contributed by atoms with E-state index in [1.165, 1.54) is 0 Å². The van der Waals surface area contributed by atoms with E-state index in [-0.39, 0.29) is 23.8 Å². The van der Waals surface area contributed by atoms with Gasteiger partial charge in [0.25, 0.3) is 0 Å². The normalized spacial score (nSPS) is 23.7. The van der Waals surface area contributed by atoms with E-state index in [0.717, 1.165) is 6.42 Å². The van der Waals surface area contributed by atoms with Gasteiger partial charge in [0.05, 0.1) is 6.54 Å². The number of rotatable bonds is 4. The van der Waals surface area contributed by atoms with Crippen LogP contribution in [0.15, 0.2) is 0 Å². The first-order valence-electron chi connectivity index (χ1n) is 6.53. The molecule has 0 aliphatic carbocycles. The first-order valence-corrected chi connectivity index (χ1v) is 6.53. The number of carbonyl (C=O) groups is 2. The van der Waals surface area contributed by atoms with Crippen LogP contribution in [-0.4, -0.2) is 35.3 Å². The van der Waals surface area contributed by atoms with E-state index in [1.807, 2.05) is 20.8 Å². The van der Waals surface area contributed by atoms with Gasteiger partial charge in [-0.2, -0.15) is 0 Å². The van der Waals surface area contributed by atoms with Crippen molar-refractivity contribution in [3.05, 3.63) is 0 Å². The Morgan fingerprint density at radius 1 is 1.39 bits per heavy atom. The molecule has 18 heavy (non-hydrogen) atoms. The van der Waals surface area contributed by atoms with Crippen LogP contribution in [0.25, 0.3) is 0 Å². The van der Waals surface area contributed by atoms with Crippen molar-refractivity contribution in [1.29, 1.82) is 0 Å². The molecule has 100 valence electrons. The van der Waals surface area contributed by atoms with Gasteiger partial charge in [-0.1, -0.05) is 33.1 Å². The minimum absolute atomic E-state index is 0.00194. The summed E-state index contributed by atoms with van der Waals surface area (Å²) in [6.07, 6.45) is 1.56. The number of piperazine rings is 1. The predicted molar refractivity (Wildman–Crippen MR) is 70.6 cm³/mol. The number of carbonyl (C=O) groups excluding carboxylic acids is 2. The van der Waals surface area contributed by atoms with Gasteiger partial charge in [-0.3, -0.25) is 9.59 Å². The van der Waals surface area contributed by atoms with Crippen LogP contribution in [0.5, 0.6) is 0 Å². The second-order valence-corrected chi connectivity index (χ2v) is 4.93. The van der Waals surface area contributed by atoms with E-state index in [4.69, 9.17) is 0 Å². The SMILES string of the molecule is CC#CCN1C(=O)C(CCC)NC(=O)C1C(C)C. The number of hydrogen-bond acceptors (Lipinski definition) is 2. The third kappa shape index (κ3) is 3.04. The first kappa shape index (κ1) is 14.6. The Kier molecular flexibility index (Phi) is 5.21. The topological polar surface area (TPSA) is 49.4 Å². The predicted octanol–water partition coefficient (Wildman–Crippen LogP) is 1.16. The van der Waals surface area contributed by atoms with E-state index in [0.29, 0.717) is 13.0 Å². The minimum atomic E-state index is -0.397. The fourth-order valence-electron chi connectivity index (χ4n) is 2.29. The van der Waals surface area contributed by atoms with Crippen LogP contribution < -0.4 is 5.32 Å². The van der Waals surface area contributed by atoms with Crippen LogP contribution in [0, 0.1) is 17.8 Å².